The molecule has 0 saturated heterocycles. The van der Waals surface area contributed by atoms with Crippen LogP contribution < -0.4 is 26.4 Å². The first kappa shape index (κ1) is 50.2. The lowest BCUT2D eigenvalue weighted by molar-refractivity contribution is -0.126. The summed E-state index contributed by atoms with van der Waals surface area (Å²) in [5, 5.41) is 31.8. The van der Waals surface area contributed by atoms with Gasteiger partial charge in [-0.1, -0.05) is 69.3 Å². The van der Waals surface area contributed by atoms with Crippen molar-refractivity contribution in [3.63, 3.8) is 0 Å². The van der Waals surface area contributed by atoms with E-state index in [1.165, 1.54) is 11.0 Å². The first-order valence-electron chi connectivity index (χ1n) is 23.9. The van der Waals surface area contributed by atoms with Gasteiger partial charge in [0.2, 0.25) is 11.5 Å². The summed E-state index contributed by atoms with van der Waals surface area (Å²) in [6.07, 6.45) is 5.69. The van der Waals surface area contributed by atoms with Gasteiger partial charge in [0.25, 0.3) is 0 Å². The summed E-state index contributed by atoms with van der Waals surface area (Å²) in [6.45, 7) is 18.5. The summed E-state index contributed by atoms with van der Waals surface area (Å²) >= 11 is 0. The van der Waals surface area contributed by atoms with Gasteiger partial charge in [-0.05, 0) is 150 Å². The summed E-state index contributed by atoms with van der Waals surface area (Å²) in [7, 11) is -2.21. The topological polar surface area (TPSA) is 182 Å². The normalized spacial score (nSPS) is 19.8. The largest absolute Gasteiger partial charge is 0.506 e. The van der Waals surface area contributed by atoms with Gasteiger partial charge in [-0.3, -0.25) is 14.5 Å². The Hall–Kier alpha value is -5.18. The van der Waals surface area contributed by atoms with Crippen LogP contribution in [0.5, 0.6) is 5.75 Å². The molecule has 6 rings (SSSR count). The number of aryl methyl sites for hydroxylation is 1. The van der Waals surface area contributed by atoms with Gasteiger partial charge in [-0.2, -0.15) is 0 Å². The molecule has 0 bridgehead atoms. The van der Waals surface area contributed by atoms with E-state index in [-0.39, 0.29) is 46.4 Å². The molecule has 1 heterocycles. The van der Waals surface area contributed by atoms with Gasteiger partial charge in [0, 0.05) is 48.1 Å². The molecule has 2 aliphatic carbocycles. The van der Waals surface area contributed by atoms with Crippen LogP contribution in [0.4, 0.5) is 15.3 Å². The molecule has 1 atom stereocenters. The van der Waals surface area contributed by atoms with E-state index in [0.717, 1.165) is 59.9 Å². The van der Waals surface area contributed by atoms with Crippen molar-refractivity contribution in [2.24, 2.45) is 11.8 Å². The highest BCUT2D eigenvalue weighted by Crippen LogP contribution is 2.42. The van der Waals surface area contributed by atoms with E-state index in [4.69, 9.17) is 9.16 Å². The van der Waals surface area contributed by atoms with E-state index < -0.39 is 26.1 Å². The molecule has 6 N–H and O–H groups in total. The fraction of sp³-hybridized carbons (Fsp3) is 0.538. The number of aromatic nitrogens is 1. The maximum atomic E-state index is 13.4. The zero-order valence-corrected chi connectivity index (χ0v) is 41.3. The number of aromatic hydroxyl groups is 1. The zero-order chi connectivity index (χ0) is 47.8. The van der Waals surface area contributed by atoms with Crippen LogP contribution in [-0.2, 0) is 20.4 Å². The number of carbonyl (C=O) groups excluding carboxylic acids is 2. The number of carboxylic acid groups (broad SMARTS) is 1. The van der Waals surface area contributed by atoms with Gasteiger partial charge in [-0.15, -0.1) is 0 Å². The number of nitrogens with zero attached hydrogens (tertiary/aromatic N) is 1. The molecule has 3 amide bonds. The first-order chi connectivity index (χ1) is 31.2. The Labute approximate surface area is 391 Å². The summed E-state index contributed by atoms with van der Waals surface area (Å²) in [5.74, 6) is 0.520. The molecule has 2 saturated carbocycles. The zero-order valence-electron chi connectivity index (χ0n) is 40.3. The van der Waals surface area contributed by atoms with Crippen LogP contribution in [-0.4, -0.2) is 78.9 Å². The number of nitrogens with one attached hydrogen (secondary N) is 4. The van der Waals surface area contributed by atoms with E-state index in [1.807, 2.05) is 69.3 Å². The molecule has 2 aliphatic rings. The standard InChI is InChI=1S/C52H73N5O8Si/c1-51(2,3)64-49(61)55-38-21-23-39(24-22-38)57(50(62)63)43-31-34(18-25-40(43)36-14-10-9-11-15-36)13-12-30-54-48(60)37-19-16-35(17-20-37)32-53-33-45(65-66(7,8)52(4,5)6)41-26-28-44(58)47-42(41)27-29-46(59)56-47/h9-11,14-15,18,25-29,31,35,37-39,45,53,58H,12-13,16-17,19-24,30,32-33H2,1-8H3,(H,54,60)(H,55,61)(H,56,59)(H,62,63)/t35?,37?,38?,39?,45-/m1/s1. The highest BCUT2D eigenvalue weighted by atomic mass is 28.4. The molecule has 0 radical (unpaired) electrons. The number of hydrogen-bond acceptors (Lipinski definition) is 8. The monoisotopic (exact) mass is 924 g/mol. The number of rotatable bonds is 16. The molecule has 66 heavy (non-hydrogen) atoms. The number of ether oxygens (including phenoxy) is 1. The van der Waals surface area contributed by atoms with Gasteiger partial charge in [0.15, 0.2) is 8.32 Å². The maximum absolute atomic E-state index is 13.4. The van der Waals surface area contributed by atoms with Gasteiger partial charge in [-0.25, -0.2) is 9.59 Å². The average molecular weight is 924 g/mol. The minimum Gasteiger partial charge on any atom is -0.506 e. The molecule has 4 aromatic rings. The predicted octanol–water partition coefficient (Wildman–Crippen LogP) is 10.4. The molecule has 2 fully saturated rings. The van der Waals surface area contributed by atoms with Crippen LogP contribution in [0.3, 0.4) is 0 Å². The van der Waals surface area contributed by atoms with Crippen molar-refractivity contribution >= 4 is 43.0 Å². The molecular weight excluding hydrogens is 851 g/mol. The number of fused-ring (bicyclic) bond motifs is 1. The van der Waals surface area contributed by atoms with Crippen LogP contribution in [0, 0.1) is 11.8 Å². The fourth-order valence-corrected chi connectivity index (χ4v) is 10.5. The third-order valence-corrected chi connectivity index (χ3v) is 18.3. The lowest BCUT2D eigenvalue weighted by Crippen LogP contribution is -2.47. The molecule has 0 aliphatic heterocycles. The van der Waals surface area contributed by atoms with Gasteiger partial charge in [0.1, 0.15) is 11.4 Å². The minimum atomic E-state index is -2.21. The fourth-order valence-electron chi connectivity index (χ4n) is 9.19. The Morgan fingerprint density at radius 2 is 1.58 bits per heavy atom. The number of alkyl carbamates (subject to hydrolysis) is 1. The van der Waals surface area contributed by atoms with Crippen molar-refractivity contribution in [2.75, 3.05) is 24.5 Å². The van der Waals surface area contributed by atoms with Crippen LogP contribution >= 0.6 is 0 Å². The van der Waals surface area contributed by atoms with Gasteiger partial charge in [0.05, 0.1) is 17.3 Å². The molecule has 14 heteroatoms. The predicted molar refractivity (Wildman–Crippen MR) is 265 cm³/mol. The van der Waals surface area contributed by atoms with E-state index in [1.54, 1.807) is 12.1 Å². The number of H-pyrrole nitrogens is 1. The number of amides is 3. The third-order valence-electron chi connectivity index (χ3n) is 13.8. The van der Waals surface area contributed by atoms with Crippen LogP contribution in [0.15, 0.2) is 77.6 Å². The third kappa shape index (κ3) is 13.2. The van der Waals surface area contributed by atoms with Crippen LogP contribution in [0.1, 0.15) is 117 Å². The summed E-state index contributed by atoms with van der Waals surface area (Å²) < 4.78 is 12.4. The number of pyridine rings is 1. The van der Waals surface area contributed by atoms with E-state index in [2.05, 4.69) is 60.9 Å². The Kier molecular flexibility index (Phi) is 16.5. The molecule has 3 aromatic carbocycles. The second-order valence-corrected chi connectivity index (χ2v) is 25.7. The second-order valence-electron chi connectivity index (χ2n) is 20.9. The molecular formula is C52H73N5O8Si. The van der Waals surface area contributed by atoms with Gasteiger partial charge < -0.3 is 40.3 Å². The highest BCUT2D eigenvalue weighted by molar-refractivity contribution is 6.74. The van der Waals surface area contributed by atoms with Crippen LogP contribution in [0.2, 0.25) is 18.1 Å². The Bertz CT molecular complexity index is 2340. The summed E-state index contributed by atoms with van der Waals surface area (Å²) in [6, 6.07) is 22.3. The number of aromatic amines is 1. The lowest BCUT2D eigenvalue weighted by atomic mass is 9.81. The van der Waals surface area contributed by atoms with E-state index in [9.17, 15) is 29.4 Å². The summed E-state index contributed by atoms with van der Waals surface area (Å²) in [4.78, 5) is 55.3. The van der Waals surface area contributed by atoms with Crippen molar-refractivity contribution in [2.45, 2.75) is 148 Å². The maximum Gasteiger partial charge on any atom is 0.412 e. The molecule has 358 valence electrons. The number of benzene rings is 3. The smallest absolute Gasteiger partial charge is 0.412 e. The quantitative estimate of drug-likeness (QED) is 0.0471. The number of phenolic OH excluding ortho intramolecular Hbond substituents is 1. The number of hydrogen-bond donors (Lipinski definition) is 6. The van der Waals surface area contributed by atoms with E-state index in [0.29, 0.717) is 68.7 Å². The van der Waals surface area contributed by atoms with Crippen molar-refractivity contribution in [1.29, 1.82) is 0 Å². The van der Waals surface area contributed by atoms with Crippen molar-refractivity contribution in [3.8, 4) is 16.9 Å². The van der Waals surface area contributed by atoms with Crippen molar-refractivity contribution in [3.05, 3.63) is 94.3 Å². The van der Waals surface area contributed by atoms with Gasteiger partial charge >= 0.3 is 12.2 Å². The molecule has 1 aromatic heterocycles. The highest BCUT2D eigenvalue weighted by Gasteiger charge is 2.40. The van der Waals surface area contributed by atoms with Crippen LogP contribution in [0.25, 0.3) is 22.0 Å². The molecule has 13 nitrogen and oxygen atoms in total. The SMILES string of the molecule is CC(C)(C)OC(=O)NC1CCC(N(C(=O)O)c2cc(CCCNC(=O)C3CCC(CNC[C@@H](O[Si](C)(C)C(C)(C)C)c4ccc(O)c5[nH]c(=O)ccc45)CC3)ccc2-c2ccccc2)CC1. The van der Waals surface area contributed by atoms with E-state index >= 15 is 0 Å². The average Bonchev–Trinajstić information content (AvgIpc) is 3.25. The number of carbonyl (C=O) groups is 3. The molecule has 0 spiro atoms. The second kappa shape index (κ2) is 21.6. The number of anilines is 1. The van der Waals surface area contributed by atoms with Crippen molar-refractivity contribution in [1.82, 2.24) is 20.9 Å². The summed E-state index contributed by atoms with van der Waals surface area (Å²) in [5.41, 5.74) is 3.90. The Morgan fingerprint density at radius 3 is 2.23 bits per heavy atom. The Morgan fingerprint density at radius 1 is 0.879 bits per heavy atom. The molecule has 0 unspecified atom stereocenters. The van der Waals surface area contributed by atoms with Crippen molar-refractivity contribution < 1.29 is 33.8 Å². The Balaban J connectivity index is 1.01. The minimum absolute atomic E-state index is 0.0150. The first-order valence-corrected chi connectivity index (χ1v) is 26.8. The lowest BCUT2D eigenvalue weighted by Gasteiger charge is -2.40. The number of phenols is 1.